The molecule has 4 rings (SSSR count). The molecule has 9 nitrogen and oxygen atoms in total. The van der Waals surface area contributed by atoms with E-state index in [2.05, 4.69) is 27.9 Å². The summed E-state index contributed by atoms with van der Waals surface area (Å²) in [5.74, 6) is -1.45. The summed E-state index contributed by atoms with van der Waals surface area (Å²) in [6, 6.07) is 15.6. The number of aromatic nitrogens is 2. The van der Waals surface area contributed by atoms with Gasteiger partial charge in [0, 0.05) is 19.0 Å². The van der Waals surface area contributed by atoms with Gasteiger partial charge in [0.2, 0.25) is 0 Å². The Hall–Kier alpha value is -4.14. The minimum Gasteiger partial charge on any atom is -0.481 e. The van der Waals surface area contributed by atoms with E-state index in [4.69, 9.17) is 9.84 Å². The second-order valence-corrected chi connectivity index (χ2v) is 8.16. The summed E-state index contributed by atoms with van der Waals surface area (Å²) in [5.41, 5.74) is 4.58. The lowest BCUT2D eigenvalue weighted by Crippen LogP contribution is -2.36. The summed E-state index contributed by atoms with van der Waals surface area (Å²) in [6.45, 7) is 1.92. The Morgan fingerprint density at radius 3 is 2.29 bits per heavy atom. The van der Waals surface area contributed by atoms with Crippen molar-refractivity contribution in [3.05, 3.63) is 71.4 Å². The summed E-state index contributed by atoms with van der Waals surface area (Å²) >= 11 is 0. The van der Waals surface area contributed by atoms with Gasteiger partial charge < -0.3 is 15.2 Å². The smallest absolute Gasteiger partial charge is 0.412 e. The number of carbonyl (C=O) groups excluding carboxylic acids is 2. The van der Waals surface area contributed by atoms with Crippen molar-refractivity contribution in [1.29, 1.82) is 0 Å². The van der Waals surface area contributed by atoms with Crippen LogP contribution in [0.3, 0.4) is 0 Å². The van der Waals surface area contributed by atoms with Crippen molar-refractivity contribution in [3.63, 3.8) is 0 Å². The molecule has 1 aromatic heterocycles. The number of nitrogens with one attached hydrogen (secondary N) is 2. The third kappa shape index (κ3) is 4.63. The van der Waals surface area contributed by atoms with E-state index in [1.54, 1.807) is 14.0 Å². The molecule has 0 fully saturated rings. The average molecular weight is 463 g/mol. The number of rotatable bonds is 8. The maximum absolute atomic E-state index is 12.7. The minimum absolute atomic E-state index is 0.0891. The van der Waals surface area contributed by atoms with E-state index < -0.39 is 24.0 Å². The number of carbonyl (C=O) groups is 3. The molecule has 176 valence electrons. The number of hydrogen-bond donors (Lipinski definition) is 3. The highest BCUT2D eigenvalue weighted by molar-refractivity contribution is 6.01. The highest BCUT2D eigenvalue weighted by atomic mass is 16.5. The molecule has 0 saturated carbocycles. The van der Waals surface area contributed by atoms with Gasteiger partial charge in [-0.3, -0.25) is 19.6 Å². The minimum atomic E-state index is -1.00. The largest absolute Gasteiger partial charge is 0.481 e. The number of hydrogen-bond acceptors (Lipinski definition) is 5. The molecule has 0 aliphatic heterocycles. The molecule has 0 saturated heterocycles. The maximum Gasteiger partial charge on any atom is 0.412 e. The fourth-order valence-corrected chi connectivity index (χ4v) is 4.25. The molecule has 1 aliphatic carbocycles. The third-order valence-electron chi connectivity index (χ3n) is 6.00. The van der Waals surface area contributed by atoms with E-state index in [1.165, 1.54) is 10.9 Å². The Morgan fingerprint density at radius 1 is 1.09 bits per heavy atom. The van der Waals surface area contributed by atoms with Gasteiger partial charge in [-0.05, 0) is 28.7 Å². The van der Waals surface area contributed by atoms with Crippen molar-refractivity contribution >= 4 is 23.8 Å². The Morgan fingerprint density at radius 2 is 1.71 bits per heavy atom. The van der Waals surface area contributed by atoms with Gasteiger partial charge in [0.15, 0.2) is 0 Å². The van der Waals surface area contributed by atoms with Crippen molar-refractivity contribution in [2.45, 2.75) is 31.7 Å². The predicted octanol–water partition coefficient (Wildman–Crippen LogP) is 3.76. The molecular weight excluding hydrogens is 436 g/mol. The first-order valence-corrected chi connectivity index (χ1v) is 11.1. The number of benzene rings is 2. The molecule has 2 aromatic carbocycles. The zero-order valence-electron chi connectivity index (χ0n) is 18.9. The number of ether oxygens (including phenoxy) is 1. The molecule has 1 aliphatic rings. The standard InChI is InChI=1S/C25H26N4O5/c1-3-15(12-22(30)31)27-24(32)20-13-26-29(2)23(20)28-25(33)34-14-21-18-10-6-4-8-16(18)17-9-5-7-11-19(17)21/h4-11,13,15,21H,3,12,14H2,1-2H3,(H,27,32)(H,28,33)(H,30,31)/t15-/m0/s1. The Balaban J connectivity index is 1.44. The molecule has 0 unspecified atom stereocenters. The van der Waals surface area contributed by atoms with Crippen LogP contribution in [0.2, 0.25) is 0 Å². The van der Waals surface area contributed by atoms with E-state index in [9.17, 15) is 14.4 Å². The van der Waals surface area contributed by atoms with Gasteiger partial charge in [-0.25, -0.2) is 4.79 Å². The first-order valence-electron chi connectivity index (χ1n) is 11.1. The van der Waals surface area contributed by atoms with E-state index in [-0.39, 0.29) is 30.3 Å². The van der Waals surface area contributed by atoms with Crippen LogP contribution < -0.4 is 10.6 Å². The van der Waals surface area contributed by atoms with E-state index >= 15 is 0 Å². The number of amides is 2. The lowest BCUT2D eigenvalue weighted by molar-refractivity contribution is -0.137. The number of fused-ring (bicyclic) bond motifs is 3. The Bertz CT molecular complexity index is 1190. The van der Waals surface area contributed by atoms with Gasteiger partial charge in [-0.15, -0.1) is 0 Å². The molecular formula is C25H26N4O5. The molecule has 9 heteroatoms. The van der Waals surface area contributed by atoms with Crippen LogP contribution in [0.25, 0.3) is 11.1 Å². The monoisotopic (exact) mass is 462 g/mol. The van der Waals surface area contributed by atoms with Gasteiger partial charge in [0.1, 0.15) is 18.0 Å². The predicted molar refractivity (Wildman–Crippen MR) is 126 cm³/mol. The van der Waals surface area contributed by atoms with Crippen LogP contribution in [-0.2, 0) is 16.6 Å². The van der Waals surface area contributed by atoms with E-state index in [0.717, 1.165) is 22.3 Å². The molecule has 1 atom stereocenters. The van der Waals surface area contributed by atoms with Gasteiger partial charge >= 0.3 is 12.1 Å². The molecule has 1 heterocycles. The number of carboxylic acids is 1. The van der Waals surface area contributed by atoms with Crippen LogP contribution in [0.15, 0.2) is 54.7 Å². The number of aryl methyl sites for hydroxylation is 1. The first-order chi connectivity index (χ1) is 16.4. The Kier molecular flexibility index (Phi) is 6.62. The van der Waals surface area contributed by atoms with Crippen LogP contribution in [0.4, 0.5) is 10.6 Å². The van der Waals surface area contributed by atoms with Crippen LogP contribution >= 0.6 is 0 Å². The highest BCUT2D eigenvalue weighted by Crippen LogP contribution is 2.44. The van der Waals surface area contributed by atoms with Gasteiger partial charge in [-0.2, -0.15) is 5.10 Å². The normalized spacial score (nSPS) is 13.0. The van der Waals surface area contributed by atoms with Crippen LogP contribution in [0, 0.1) is 0 Å². The lowest BCUT2D eigenvalue weighted by atomic mass is 9.98. The number of carboxylic acid groups (broad SMARTS) is 1. The van der Waals surface area contributed by atoms with Gasteiger partial charge in [0.05, 0.1) is 12.6 Å². The van der Waals surface area contributed by atoms with E-state index in [1.807, 2.05) is 36.4 Å². The molecule has 2 amide bonds. The maximum atomic E-state index is 12.7. The zero-order valence-corrected chi connectivity index (χ0v) is 18.9. The fraction of sp³-hybridized carbons (Fsp3) is 0.280. The van der Waals surface area contributed by atoms with Crippen molar-refractivity contribution in [3.8, 4) is 11.1 Å². The third-order valence-corrected chi connectivity index (χ3v) is 6.00. The highest BCUT2D eigenvalue weighted by Gasteiger charge is 2.29. The van der Waals surface area contributed by atoms with E-state index in [0.29, 0.717) is 6.42 Å². The van der Waals surface area contributed by atoms with Crippen LogP contribution in [0.5, 0.6) is 0 Å². The number of nitrogens with zero attached hydrogens (tertiary/aromatic N) is 2. The second kappa shape index (κ2) is 9.78. The molecule has 3 N–H and O–H groups in total. The molecule has 0 spiro atoms. The SMILES string of the molecule is CC[C@@H](CC(=O)O)NC(=O)c1cnn(C)c1NC(=O)OCC1c2ccccc2-c2ccccc21. The number of anilines is 1. The summed E-state index contributed by atoms with van der Waals surface area (Å²) in [7, 11) is 1.59. The Labute approximate surface area is 196 Å². The van der Waals surface area contributed by atoms with Crippen LogP contribution in [-0.4, -0.2) is 45.5 Å². The van der Waals surface area contributed by atoms with Crippen molar-refractivity contribution in [2.75, 3.05) is 11.9 Å². The first kappa shape index (κ1) is 23.0. The van der Waals surface area contributed by atoms with Crippen molar-refractivity contribution < 1.29 is 24.2 Å². The molecule has 34 heavy (non-hydrogen) atoms. The molecule has 3 aromatic rings. The summed E-state index contributed by atoms with van der Waals surface area (Å²) in [5, 5.41) is 18.3. The lowest BCUT2D eigenvalue weighted by Gasteiger charge is -2.16. The van der Waals surface area contributed by atoms with Gasteiger partial charge in [0.25, 0.3) is 5.91 Å². The summed E-state index contributed by atoms with van der Waals surface area (Å²) < 4.78 is 6.91. The molecule has 0 radical (unpaired) electrons. The number of aliphatic carboxylic acids is 1. The van der Waals surface area contributed by atoms with Crippen LogP contribution in [0.1, 0.15) is 47.2 Å². The average Bonchev–Trinajstić information content (AvgIpc) is 3.34. The molecule has 0 bridgehead atoms. The zero-order chi connectivity index (χ0) is 24.2. The topological polar surface area (TPSA) is 123 Å². The summed E-state index contributed by atoms with van der Waals surface area (Å²) in [4.78, 5) is 36.4. The van der Waals surface area contributed by atoms with Gasteiger partial charge in [-0.1, -0.05) is 55.5 Å². The fourth-order valence-electron chi connectivity index (χ4n) is 4.25. The van der Waals surface area contributed by atoms with Crippen molar-refractivity contribution in [2.24, 2.45) is 7.05 Å². The quantitative estimate of drug-likeness (QED) is 0.468. The second-order valence-electron chi connectivity index (χ2n) is 8.16. The summed E-state index contributed by atoms with van der Waals surface area (Å²) in [6.07, 6.45) is 0.865. The van der Waals surface area contributed by atoms with Crippen molar-refractivity contribution in [1.82, 2.24) is 15.1 Å².